The Hall–Kier alpha value is -2.36. The molecule has 120 valence electrons. The maximum atomic E-state index is 11.9. The molecule has 1 saturated heterocycles. The van der Waals surface area contributed by atoms with Gasteiger partial charge >= 0.3 is 0 Å². The van der Waals surface area contributed by atoms with Gasteiger partial charge in [-0.05, 0) is 55.5 Å². The molecule has 0 unspecified atom stereocenters. The van der Waals surface area contributed by atoms with Crippen molar-refractivity contribution in [1.29, 1.82) is 0 Å². The summed E-state index contributed by atoms with van der Waals surface area (Å²) in [5.41, 5.74) is 3.22. The van der Waals surface area contributed by atoms with Gasteiger partial charge in [-0.15, -0.1) is 0 Å². The van der Waals surface area contributed by atoms with Crippen LogP contribution in [0.4, 0.5) is 5.69 Å². The summed E-state index contributed by atoms with van der Waals surface area (Å²) in [5, 5.41) is 2.95. The van der Waals surface area contributed by atoms with Crippen molar-refractivity contribution in [3.8, 4) is 0 Å². The fourth-order valence-electron chi connectivity index (χ4n) is 2.95. The summed E-state index contributed by atoms with van der Waals surface area (Å²) >= 11 is 0. The molecule has 1 N–H and O–H groups in total. The Morgan fingerprint density at radius 2 is 1.70 bits per heavy atom. The van der Waals surface area contributed by atoms with Gasteiger partial charge in [0.25, 0.3) is 5.91 Å². The van der Waals surface area contributed by atoms with Crippen LogP contribution in [0.5, 0.6) is 0 Å². The van der Waals surface area contributed by atoms with Crippen LogP contribution >= 0.6 is 0 Å². The Balaban J connectivity index is 1.48. The summed E-state index contributed by atoms with van der Waals surface area (Å²) in [4.78, 5) is 18.3. The highest BCUT2D eigenvalue weighted by molar-refractivity contribution is 5.93. The van der Waals surface area contributed by atoms with E-state index in [2.05, 4.69) is 39.5 Å². The van der Waals surface area contributed by atoms with E-state index in [0.29, 0.717) is 12.1 Å². The first-order chi connectivity index (χ1) is 11.3. The van der Waals surface area contributed by atoms with Crippen molar-refractivity contribution in [2.45, 2.75) is 25.7 Å². The molecule has 0 atom stereocenters. The number of benzene rings is 1. The third-order valence-electron chi connectivity index (χ3n) is 4.30. The Morgan fingerprint density at radius 3 is 2.39 bits per heavy atom. The topological polar surface area (TPSA) is 45.2 Å². The molecule has 0 aliphatic carbocycles. The molecule has 0 saturated carbocycles. The fraction of sp³-hybridized carbons (Fsp3) is 0.368. The van der Waals surface area contributed by atoms with Gasteiger partial charge < -0.3 is 10.2 Å². The Morgan fingerprint density at radius 1 is 1.00 bits per heavy atom. The van der Waals surface area contributed by atoms with Crippen LogP contribution in [0.2, 0.25) is 0 Å². The Kier molecular flexibility index (Phi) is 5.25. The molecule has 1 aliphatic rings. The first-order valence-electron chi connectivity index (χ1n) is 8.35. The third kappa shape index (κ3) is 4.31. The average molecular weight is 309 g/mol. The van der Waals surface area contributed by atoms with Crippen LogP contribution in [-0.2, 0) is 6.42 Å². The zero-order chi connectivity index (χ0) is 15.9. The number of nitrogens with one attached hydrogen (secondary N) is 1. The van der Waals surface area contributed by atoms with Crippen LogP contribution in [0.15, 0.2) is 48.8 Å². The predicted octanol–water partition coefficient (Wildman–Crippen LogP) is 3.04. The van der Waals surface area contributed by atoms with E-state index >= 15 is 0 Å². The van der Waals surface area contributed by atoms with Crippen LogP contribution in [0.3, 0.4) is 0 Å². The molecule has 3 rings (SSSR count). The summed E-state index contributed by atoms with van der Waals surface area (Å²) in [7, 11) is 0. The minimum absolute atomic E-state index is 0.0441. The molecule has 0 bridgehead atoms. The summed E-state index contributed by atoms with van der Waals surface area (Å²) in [5.74, 6) is -0.0441. The summed E-state index contributed by atoms with van der Waals surface area (Å²) in [6.07, 6.45) is 8.05. The first kappa shape index (κ1) is 15.5. The van der Waals surface area contributed by atoms with Crippen LogP contribution in [0.1, 0.15) is 35.2 Å². The monoisotopic (exact) mass is 309 g/mol. The number of aromatic nitrogens is 1. The summed E-state index contributed by atoms with van der Waals surface area (Å²) < 4.78 is 0. The lowest BCUT2D eigenvalue weighted by atomic mass is 10.1. The van der Waals surface area contributed by atoms with E-state index in [0.717, 1.165) is 6.42 Å². The van der Waals surface area contributed by atoms with Gasteiger partial charge in [0.1, 0.15) is 0 Å². The predicted molar refractivity (Wildman–Crippen MR) is 92.8 cm³/mol. The molecule has 1 aromatic carbocycles. The fourth-order valence-corrected chi connectivity index (χ4v) is 2.95. The number of hydrogen-bond acceptors (Lipinski definition) is 3. The van der Waals surface area contributed by atoms with Crippen molar-refractivity contribution in [2.24, 2.45) is 0 Å². The molecule has 23 heavy (non-hydrogen) atoms. The van der Waals surface area contributed by atoms with Gasteiger partial charge in [0, 0.05) is 43.3 Å². The van der Waals surface area contributed by atoms with E-state index in [1.807, 2.05) is 0 Å². The van der Waals surface area contributed by atoms with E-state index in [9.17, 15) is 4.79 Å². The second-order valence-electron chi connectivity index (χ2n) is 5.96. The van der Waals surface area contributed by atoms with Crippen LogP contribution in [0, 0.1) is 0 Å². The number of pyridine rings is 1. The van der Waals surface area contributed by atoms with E-state index in [1.165, 1.54) is 43.6 Å². The van der Waals surface area contributed by atoms with Gasteiger partial charge in [0.15, 0.2) is 0 Å². The molecule has 4 heteroatoms. The molecule has 4 nitrogen and oxygen atoms in total. The van der Waals surface area contributed by atoms with E-state index in [4.69, 9.17) is 0 Å². The van der Waals surface area contributed by atoms with Gasteiger partial charge in [-0.3, -0.25) is 9.78 Å². The number of carbonyl (C=O) groups excluding carboxylic acids is 1. The lowest BCUT2D eigenvalue weighted by Crippen LogP contribution is -2.29. The molecule has 1 aromatic heterocycles. The highest BCUT2D eigenvalue weighted by atomic mass is 16.1. The molecule has 1 fully saturated rings. The second kappa shape index (κ2) is 7.77. The molecule has 1 aliphatic heterocycles. The lowest BCUT2D eigenvalue weighted by Gasteiger charge is -2.28. The number of piperidine rings is 1. The maximum Gasteiger partial charge on any atom is 0.251 e. The highest BCUT2D eigenvalue weighted by Gasteiger charge is 2.10. The smallest absolute Gasteiger partial charge is 0.251 e. The average Bonchev–Trinajstić information content (AvgIpc) is 2.64. The van der Waals surface area contributed by atoms with Crippen molar-refractivity contribution < 1.29 is 4.79 Å². The van der Waals surface area contributed by atoms with Crippen molar-refractivity contribution in [1.82, 2.24) is 10.3 Å². The molecular weight excluding hydrogens is 286 g/mol. The van der Waals surface area contributed by atoms with E-state index in [1.54, 1.807) is 24.5 Å². The van der Waals surface area contributed by atoms with Crippen LogP contribution < -0.4 is 10.2 Å². The van der Waals surface area contributed by atoms with Crippen molar-refractivity contribution in [3.05, 3.63) is 59.9 Å². The third-order valence-corrected chi connectivity index (χ3v) is 4.30. The van der Waals surface area contributed by atoms with Gasteiger partial charge in [-0.2, -0.15) is 0 Å². The van der Waals surface area contributed by atoms with Gasteiger partial charge in [0.2, 0.25) is 0 Å². The van der Waals surface area contributed by atoms with Crippen molar-refractivity contribution in [3.63, 3.8) is 0 Å². The summed E-state index contributed by atoms with van der Waals surface area (Å²) in [6, 6.07) is 12.2. The van der Waals surface area contributed by atoms with E-state index < -0.39 is 0 Å². The maximum absolute atomic E-state index is 11.9. The molecule has 1 amide bonds. The Bertz CT molecular complexity index is 619. The number of nitrogens with zero attached hydrogens (tertiary/aromatic N) is 2. The number of rotatable bonds is 5. The van der Waals surface area contributed by atoms with Crippen molar-refractivity contribution in [2.75, 3.05) is 24.5 Å². The van der Waals surface area contributed by atoms with Gasteiger partial charge in [-0.1, -0.05) is 12.1 Å². The number of carbonyl (C=O) groups is 1. The summed E-state index contributed by atoms with van der Waals surface area (Å²) in [6.45, 7) is 2.98. The second-order valence-corrected chi connectivity index (χ2v) is 5.96. The van der Waals surface area contributed by atoms with Gasteiger partial charge in [0.05, 0.1) is 0 Å². The number of hydrogen-bond donors (Lipinski definition) is 1. The number of amides is 1. The lowest BCUT2D eigenvalue weighted by molar-refractivity contribution is 0.0954. The first-order valence-corrected chi connectivity index (χ1v) is 8.35. The molecule has 2 heterocycles. The molecule has 0 spiro atoms. The SMILES string of the molecule is O=C(NCCc1ccc(N2CCCCC2)cc1)c1ccncc1. The van der Waals surface area contributed by atoms with Crippen molar-refractivity contribution >= 4 is 11.6 Å². The molecule has 0 radical (unpaired) electrons. The zero-order valence-electron chi connectivity index (χ0n) is 13.4. The van der Waals surface area contributed by atoms with Crippen LogP contribution in [0.25, 0.3) is 0 Å². The van der Waals surface area contributed by atoms with Gasteiger partial charge in [-0.25, -0.2) is 0 Å². The Labute approximate surface area is 137 Å². The normalized spacial score (nSPS) is 14.5. The zero-order valence-corrected chi connectivity index (χ0v) is 13.4. The van der Waals surface area contributed by atoms with E-state index in [-0.39, 0.29) is 5.91 Å². The molecule has 2 aromatic rings. The number of anilines is 1. The molecular formula is C19H23N3O. The highest BCUT2D eigenvalue weighted by Crippen LogP contribution is 2.20. The largest absolute Gasteiger partial charge is 0.372 e. The minimum atomic E-state index is -0.0441. The quantitative estimate of drug-likeness (QED) is 0.923. The minimum Gasteiger partial charge on any atom is -0.372 e. The standard InChI is InChI=1S/C19H23N3O/c23-19(17-9-11-20-12-10-17)21-13-8-16-4-6-18(7-5-16)22-14-2-1-3-15-22/h4-7,9-12H,1-3,8,13-15H2,(H,21,23). The van der Waals surface area contributed by atoms with Crippen LogP contribution in [-0.4, -0.2) is 30.5 Å².